The van der Waals surface area contributed by atoms with Crippen LogP contribution in [-0.2, 0) is 0 Å². The Morgan fingerprint density at radius 3 is 2.35 bits per heavy atom. The molecule has 0 unspecified atom stereocenters. The zero-order valence-corrected chi connectivity index (χ0v) is 13.0. The van der Waals surface area contributed by atoms with E-state index in [-0.39, 0.29) is 0 Å². The SMILES string of the molecule is CCCC.Cc1ccc(OCCC2=CCNC=C2)cc1. The first-order chi connectivity index (χ1) is 9.76. The first-order valence-corrected chi connectivity index (χ1v) is 7.54. The van der Waals surface area contributed by atoms with Crippen LogP contribution < -0.4 is 10.1 Å². The Balaban J connectivity index is 0.000000444. The Morgan fingerprint density at radius 1 is 1.10 bits per heavy atom. The highest BCUT2D eigenvalue weighted by atomic mass is 16.5. The summed E-state index contributed by atoms with van der Waals surface area (Å²) in [5, 5.41) is 3.13. The number of aryl methyl sites for hydroxylation is 1. The van der Waals surface area contributed by atoms with E-state index < -0.39 is 0 Å². The van der Waals surface area contributed by atoms with Crippen LogP contribution in [0.25, 0.3) is 0 Å². The molecule has 0 radical (unpaired) electrons. The summed E-state index contributed by atoms with van der Waals surface area (Å²) >= 11 is 0. The van der Waals surface area contributed by atoms with E-state index in [2.05, 4.69) is 50.4 Å². The predicted octanol–water partition coefficient (Wildman–Crippen LogP) is 4.61. The molecule has 1 aliphatic heterocycles. The largest absolute Gasteiger partial charge is 0.493 e. The molecule has 0 saturated carbocycles. The highest BCUT2D eigenvalue weighted by molar-refractivity contribution is 5.27. The Labute approximate surface area is 123 Å². The van der Waals surface area contributed by atoms with Crippen LogP contribution in [0.4, 0.5) is 0 Å². The molecule has 2 heteroatoms. The molecule has 0 amide bonds. The van der Waals surface area contributed by atoms with Gasteiger partial charge >= 0.3 is 0 Å². The fraction of sp³-hybridized carbons (Fsp3) is 0.444. The Bertz CT molecular complexity index is 416. The molecule has 0 fully saturated rings. The van der Waals surface area contributed by atoms with E-state index in [0.29, 0.717) is 0 Å². The molecule has 1 aromatic rings. The molecule has 0 aromatic heterocycles. The van der Waals surface area contributed by atoms with Gasteiger partial charge in [-0.3, -0.25) is 0 Å². The number of hydrogen-bond donors (Lipinski definition) is 1. The number of ether oxygens (including phenoxy) is 1. The van der Waals surface area contributed by atoms with Crippen molar-refractivity contribution in [3.63, 3.8) is 0 Å². The van der Waals surface area contributed by atoms with Crippen LogP contribution in [0.3, 0.4) is 0 Å². The maximum Gasteiger partial charge on any atom is 0.119 e. The number of unbranched alkanes of at least 4 members (excludes halogenated alkanes) is 1. The Kier molecular flexibility index (Phi) is 8.28. The van der Waals surface area contributed by atoms with Crippen LogP contribution in [0.5, 0.6) is 5.75 Å². The normalized spacial score (nSPS) is 12.8. The van der Waals surface area contributed by atoms with Crippen molar-refractivity contribution in [2.75, 3.05) is 13.2 Å². The molecule has 0 spiro atoms. The topological polar surface area (TPSA) is 21.3 Å². The third-order valence-corrected chi connectivity index (χ3v) is 3.08. The Hall–Kier alpha value is -1.70. The van der Waals surface area contributed by atoms with Crippen LogP contribution in [0, 0.1) is 6.92 Å². The van der Waals surface area contributed by atoms with Gasteiger partial charge in [0.1, 0.15) is 5.75 Å². The molecule has 0 atom stereocenters. The fourth-order valence-corrected chi connectivity index (χ4v) is 1.60. The molecule has 20 heavy (non-hydrogen) atoms. The Morgan fingerprint density at radius 2 is 1.80 bits per heavy atom. The van der Waals surface area contributed by atoms with Crippen LogP contribution in [-0.4, -0.2) is 13.2 Å². The smallest absolute Gasteiger partial charge is 0.119 e. The highest BCUT2D eigenvalue weighted by Crippen LogP contribution is 2.13. The van der Waals surface area contributed by atoms with Crippen molar-refractivity contribution in [1.29, 1.82) is 0 Å². The van der Waals surface area contributed by atoms with E-state index in [4.69, 9.17) is 4.74 Å². The lowest BCUT2D eigenvalue weighted by Crippen LogP contribution is -2.10. The second-order valence-corrected chi connectivity index (χ2v) is 4.93. The lowest BCUT2D eigenvalue weighted by Gasteiger charge is -2.09. The lowest BCUT2D eigenvalue weighted by atomic mass is 10.1. The van der Waals surface area contributed by atoms with Gasteiger partial charge in [-0.1, -0.05) is 50.5 Å². The van der Waals surface area contributed by atoms with Crippen molar-refractivity contribution in [3.05, 3.63) is 53.8 Å². The zero-order chi connectivity index (χ0) is 14.6. The van der Waals surface area contributed by atoms with E-state index in [9.17, 15) is 0 Å². The first kappa shape index (κ1) is 16.4. The summed E-state index contributed by atoms with van der Waals surface area (Å²) in [6.07, 6.45) is 9.88. The molecule has 1 heterocycles. The highest BCUT2D eigenvalue weighted by Gasteiger charge is 1.98. The molecule has 1 aliphatic rings. The maximum atomic E-state index is 5.67. The second-order valence-electron chi connectivity index (χ2n) is 4.93. The van der Waals surface area contributed by atoms with Gasteiger partial charge in [-0.15, -0.1) is 0 Å². The molecule has 1 N–H and O–H groups in total. The number of rotatable bonds is 5. The van der Waals surface area contributed by atoms with E-state index >= 15 is 0 Å². The summed E-state index contributed by atoms with van der Waals surface area (Å²) in [6.45, 7) is 8.10. The van der Waals surface area contributed by atoms with E-state index in [0.717, 1.165) is 25.3 Å². The van der Waals surface area contributed by atoms with Gasteiger partial charge in [-0.05, 0) is 36.9 Å². The summed E-state index contributed by atoms with van der Waals surface area (Å²) in [6, 6.07) is 8.17. The minimum Gasteiger partial charge on any atom is -0.493 e. The predicted molar refractivity (Wildman–Crippen MR) is 87.1 cm³/mol. The fourth-order valence-electron chi connectivity index (χ4n) is 1.60. The molecule has 110 valence electrons. The summed E-state index contributed by atoms with van der Waals surface area (Å²) in [7, 11) is 0. The van der Waals surface area contributed by atoms with Gasteiger partial charge in [0.2, 0.25) is 0 Å². The number of nitrogens with one attached hydrogen (secondary N) is 1. The maximum absolute atomic E-state index is 5.67. The second kappa shape index (κ2) is 10.1. The van der Waals surface area contributed by atoms with E-state index in [1.807, 2.05) is 18.3 Å². The van der Waals surface area contributed by atoms with Gasteiger partial charge < -0.3 is 10.1 Å². The number of benzene rings is 1. The minimum absolute atomic E-state index is 0.735. The van der Waals surface area contributed by atoms with Gasteiger partial charge in [0.05, 0.1) is 6.61 Å². The summed E-state index contributed by atoms with van der Waals surface area (Å²) in [5.74, 6) is 0.948. The average molecular weight is 273 g/mol. The third-order valence-electron chi connectivity index (χ3n) is 3.08. The zero-order valence-electron chi connectivity index (χ0n) is 13.0. The van der Waals surface area contributed by atoms with Crippen LogP contribution in [0.2, 0.25) is 0 Å². The summed E-state index contributed by atoms with van der Waals surface area (Å²) < 4.78 is 5.67. The van der Waals surface area contributed by atoms with Gasteiger partial charge in [-0.2, -0.15) is 0 Å². The van der Waals surface area contributed by atoms with Crippen molar-refractivity contribution in [3.8, 4) is 5.75 Å². The quantitative estimate of drug-likeness (QED) is 0.845. The average Bonchev–Trinajstić information content (AvgIpc) is 2.51. The van der Waals surface area contributed by atoms with E-state index in [1.165, 1.54) is 24.0 Å². The number of dihydropyridines is 1. The van der Waals surface area contributed by atoms with Gasteiger partial charge in [0.15, 0.2) is 0 Å². The van der Waals surface area contributed by atoms with Gasteiger partial charge in [-0.25, -0.2) is 0 Å². The standard InChI is InChI=1S/C14H17NO.C4H10/c1-12-2-4-14(5-3-12)16-11-8-13-6-9-15-10-7-13;1-3-4-2/h2-7,9,15H,8,10-11H2,1H3;3-4H2,1-2H3. The van der Waals surface area contributed by atoms with Crippen molar-refractivity contribution in [2.45, 2.75) is 40.0 Å². The molecule has 2 rings (SSSR count). The molecular formula is C18H27NO. The molecular weight excluding hydrogens is 246 g/mol. The van der Waals surface area contributed by atoms with Crippen LogP contribution >= 0.6 is 0 Å². The molecule has 1 aromatic carbocycles. The van der Waals surface area contributed by atoms with E-state index in [1.54, 1.807) is 0 Å². The van der Waals surface area contributed by atoms with Crippen molar-refractivity contribution in [1.82, 2.24) is 5.32 Å². The number of allylic oxidation sites excluding steroid dienone is 1. The molecule has 0 bridgehead atoms. The molecule has 0 saturated heterocycles. The van der Waals surface area contributed by atoms with Crippen LogP contribution in [0.1, 0.15) is 38.7 Å². The van der Waals surface area contributed by atoms with Crippen molar-refractivity contribution in [2.24, 2.45) is 0 Å². The van der Waals surface area contributed by atoms with Gasteiger partial charge in [0, 0.05) is 13.0 Å². The van der Waals surface area contributed by atoms with Gasteiger partial charge in [0.25, 0.3) is 0 Å². The van der Waals surface area contributed by atoms with Crippen LogP contribution in [0.15, 0.2) is 48.2 Å². The van der Waals surface area contributed by atoms with Crippen molar-refractivity contribution < 1.29 is 4.74 Å². The first-order valence-electron chi connectivity index (χ1n) is 7.54. The number of hydrogen-bond acceptors (Lipinski definition) is 2. The molecule has 0 aliphatic carbocycles. The third kappa shape index (κ3) is 7.03. The summed E-state index contributed by atoms with van der Waals surface area (Å²) in [5.41, 5.74) is 2.60. The monoisotopic (exact) mass is 273 g/mol. The molecule has 2 nitrogen and oxygen atoms in total. The lowest BCUT2D eigenvalue weighted by molar-refractivity contribution is 0.322. The minimum atomic E-state index is 0.735. The van der Waals surface area contributed by atoms with Crippen molar-refractivity contribution >= 4 is 0 Å². The summed E-state index contributed by atoms with van der Waals surface area (Å²) in [4.78, 5) is 0.